The summed E-state index contributed by atoms with van der Waals surface area (Å²) in [4.78, 5) is 0. The van der Waals surface area contributed by atoms with Gasteiger partial charge in [-0.2, -0.15) is 0 Å². The Morgan fingerprint density at radius 3 is 2.80 bits per heavy atom. The first-order chi connectivity index (χ1) is 4.79. The first-order valence-electron chi connectivity index (χ1n) is 2.87. The van der Waals surface area contributed by atoms with Gasteiger partial charge in [0.1, 0.15) is 5.76 Å². The van der Waals surface area contributed by atoms with Crippen molar-refractivity contribution in [2.45, 2.75) is 0 Å². The summed E-state index contributed by atoms with van der Waals surface area (Å²) in [5, 5.41) is 16.8. The molecule has 0 radical (unpaired) electrons. The van der Waals surface area contributed by atoms with Crippen LogP contribution < -0.4 is 0 Å². The van der Waals surface area contributed by atoms with Gasteiger partial charge in [-0.3, -0.25) is 0 Å². The zero-order valence-corrected chi connectivity index (χ0v) is 5.27. The molecule has 52 valence electrons. The van der Waals surface area contributed by atoms with Gasteiger partial charge < -0.3 is 14.5 Å². The molecule has 3 nitrogen and oxygen atoms in total. The van der Waals surface area contributed by atoms with E-state index in [0.29, 0.717) is 5.76 Å². The maximum Gasteiger partial charge on any atom is 0.480 e. The van der Waals surface area contributed by atoms with Gasteiger partial charge in [0, 0.05) is 0 Å². The highest BCUT2D eigenvalue weighted by molar-refractivity contribution is 6.48. The molecule has 0 bridgehead atoms. The van der Waals surface area contributed by atoms with Crippen LogP contribution in [0.1, 0.15) is 5.76 Å². The van der Waals surface area contributed by atoms with Gasteiger partial charge in [-0.15, -0.1) is 0 Å². The fourth-order valence-electron chi connectivity index (χ4n) is 0.567. The second kappa shape index (κ2) is 3.24. The third-order valence-corrected chi connectivity index (χ3v) is 0.976. The maximum absolute atomic E-state index is 8.38. The van der Waals surface area contributed by atoms with Crippen molar-refractivity contribution in [3.63, 3.8) is 0 Å². The lowest BCUT2D eigenvalue weighted by Crippen LogP contribution is -2.05. The van der Waals surface area contributed by atoms with Gasteiger partial charge >= 0.3 is 7.12 Å². The molecule has 0 fully saturated rings. The Bertz CT molecular complexity index is 203. The lowest BCUT2D eigenvalue weighted by molar-refractivity contribution is 0.424. The summed E-state index contributed by atoms with van der Waals surface area (Å²) in [6.07, 6.45) is 3.01. The first-order valence-corrected chi connectivity index (χ1v) is 2.87. The van der Waals surface area contributed by atoms with E-state index >= 15 is 0 Å². The predicted octanol–water partition coefficient (Wildman–Crippen LogP) is 0.305. The standard InChI is InChI=1S/C6H7BO3/c8-7(9)4-3-6-2-1-5-10-6/h1-5,8-9H. The van der Waals surface area contributed by atoms with E-state index in [-0.39, 0.29) is 0 Å². The highest BCUT2D eigenvalue weighted by Gasteiger charge is 1.98. The minimum absolute atomic E-state index is 0.605. The van der Waals surface area contributed by atoms with E-state index in [0.717, 1.165) is 0 Å². The second-order valence-electron chi connectivity index (χ2n) is 1.79. The SMILES string of the molecule is OB(O)C=Cc1ccco1. The maximum atomic E-state index is 8.38. The Kier molecular flexibility index (Phi) is 2.31. The molecule has 0 spiro atoms. The van der Waals surface area contributed by atoms with Crippen LogP contribution in [0.25, 0.3) is 6.08 Å². The van der Waals surface area contributed by atoms with Gasteiger partial charge in [0.15, 0.2) is 0 Å². The summed E-state index contributed by atoms with van der Waals surface area (Å²) < 4.78 is 4.87. The molecule has 1 aromatic rings. The lowest BCUT2D eigenvalue weighted by atomic mass is 9.91. The normalized spacial score (nSPS) is 10.6. The minimum atomic E-state index is -1.41. The molecule has 4 heteroatoms. The lowest BCUT2D eigenvalue weighted by Gasteiger charge is -1.84. The van der Waals surface area contributed by atoms with Crippen LogP contribution in [0.15, 0.2) is 28.8 Å². The molecule has 0 saturated heterocycles. The predicted molar refractivity (Wildman–Crippen MR) is 37.9 cm³/mol. The largest absolute Gasteiger partial charge is 0.480 e. The molecule has 1 aromatic heterocycles. The van der Waals surface area contributed by atoms with Gasteiger partial charge in [0.25, 0.3) is 0 Å². The van der Waals surface area contributed by atoms with E-state index in [9.17, 15) is 0 Å². The molecular formula is C6H7BO3. The van der Waals surface area contributed by atoms with Crippen LogP contribution in [0.2, 0.25) is 0 Å². The van der Waals surface area contributed by atoms with Crippen molar-refractivity contribution in [1.29, 1.82) is 0 Å². The molecule has 10 heavy (non-hydrogen) atoms. The van der Waals surface area contributed by atoms with E-state index in [1.54, 1.807) is 12.1 Å². The summed E-state index contributed by atoms with van der Waals surface area (Å²) in [6, 6.07) is 3.45. The van der Waals surface area contributed by atoms with Crippen LogP contribution >= 0.6 is 0 Å². The summed E-state index contributed by atoms with van der Waals surface area (Å²) in [6.45, 7) is 0. The smallest absolute Gasteiger partial charge is 0.465 e. The molecule has 0 saturated carbocycles. The molecular weight excluding hydrogens is 131 g/mol. The zero-order valence-electron chi connectivity index (χ0n) is 5.27. The van der Waals surface area contributed by atoms with Gasteiger partial charge in [-0.25, -0.2) is 0 Å². The molecule has 0 aliphatic heterocycles. The number of furan rings is 1. The van der Waals surface area contributed by atoms with Crippen molar-refractivity contribution in [3.8, 4) is 0 Å². The third-order valence-electron chi connectivity index (χ3n) is 0.976. The van der Waals surface area contributed by atoms with Crippen LogP contribution in [0.4, 0.5) is 0 Å². The number of hydrogen-bond donors (Lipinski definition) is 2. The van der Waals surface area contributed by atoms with E-state index in [2.05, 4.69) is 0 Å². The topological polar surface area (TPSA) is 53.6 Å². The minimum Gasteiger partial charge on any atom is -0.465 e. The molecule has 0 unspecified atom stereocenters. The van der Waals surface area contributed by atoms with E-state index < -0.39 is 7.12 Å². The third kappa shape index (κ3) is 2.09. The van der Waals surface area contributed by atoms with Crippen molar-refractivity contribution in [3.05, 3.63) is 30.1 Å². The van der Waals surface area contributed by atoms with Crippen molar-refractivity contribution < 1.29 is 14.5 Å². The van der Waals surface area contributed by atoms with Crippen molar-refractivity contribution in [2.75, 3.05) is 0 Å². The van der Waals surface area contributed by atoms with E-state index in [1.807, 2.05) is 0 Å². The Morgan fingerprint density at radius 2 is 2.30 bits per heavy atom. The van der Waals surface area contributed by atoms with Crippen molar-refractivity contribution >= 4 is 13.2 Å². The average molecular weight is 138 g/mol. The number of hydrogen-bond acceptors (Lipinski definition) is 3. The first kappa shape index (κ1) is 7.12. The monoisotopic (exact) mass is 138 g/mol. The second-order valence-corrected chi connectivity index (χ2v) is 1.79. The number of rotatable bonds is 2. The molecule has 0 amide bonds. The summed E-state index contributed by atoms with van der Waals surface area (Å²) in [5.41, 5.74) is 0. The van der Waals surface area contributed by atoms with E-state index in [4.69, 9.17) is 14.5 Å². The van der Waals surface area contributed by atoms with Crippen LogP contribution in [-0.2, 0) is 0 Å². The van der Waals surface area contributed by atoms with Crippen LogP contribution in [0.3, 0.4) is 0 Å². The van der Waals surface area contributed by atoms with E-state index in [1.165, 1.54) is 18.3 Å². The summed E-state index contributed by atoms with van der Waals surface area (Å²) in [7, 11) is -1.41. The highest BCUT2D eigenvalue weighted by Crippen LogP contribution is 2.01. The Balaban J connectivity index is 2.55. The molecule has 0 aromatic carbocycles. The van der Waals surface area contributed by atoms with Gasteiger partial charge in [0.05, 0.1) is 6.26 Å². The fourth-order valence-corrected chi connectivity index (χ4v) is 0.567. The molecule has 0 aliphatic carbocycles. The molecule has 1 rings (SSSR count). The van der Waals surface area contributed by atoms with Crippen LogP contribution in [-0.4, -0.2) is 17.2 Å². The summed E-state index contributed by atoms with van der Waals surface area (Å²) >= 11 is 0. The average Bonchev–Trinajstić information content (AvgIpc) is 2.34. The quantitative estimate of drug-likeness (QED) is 0.578. The molecule has 2 N–H and O–H groups in total. The molecule has 0 aliphatic rings. The fraction of sp³-hybridized carbons (Fsp3) is 0. The summed E-state index contributed by atoms with van der Waals surface area (Å²) in [5.74, 6) is 1.83. The van der Waals surface area contributed by atoms with Crippen LogP contribution in [0.5, 0.6) is 0 Å². The molecule has 0 atom stereocenters. The van der Waals surface area contributed by atoms with Crippen molar-refractivity contribution in [1.82, 2.24) is 0 Å². The zero-order chi connectivity index (χ0) is 7.40. The van der Waals surface area contributed by atoms with Gasteiger partial charge in [-0.05, 0) is 18.2 Å². The van der Waals surface area contributed by atoms with Crippen molar-refractivity contribution in [2.24, 2.45) is 0 Å². The molecule has 1 heterocycles. The highest BCUT2D eigenvalue weighted by atomic mass is 16.4. The van der Waals surface area contributed by atoms with Crippen LogP contribution in [0, 0.1) is 0 Å². The Hall–Kier alpha value is -0.995. The Morgan fingerprint density at radius 1 is 1.50 bits per heavy atom. The Labute approximate surface area is 58.7 Å². The van der Waals surface area contributed by atoms with Gasteiger partial charge in [-0.1, -0.05) is 5.98 Å². The van der Waals surface area contributed by atoms with Gasteiger partial charge in [0.2, 0.25) is 0 Å².